The third-order valence-corrected chi connectivity index (χ3v) is 6.71. The summed E-state index contributed by atoms with van der Waals surface area (Å²) in [7, 11) is -2.05. The Kier molecular flexibility index (Phi) is 4.51. The van der Waals surface area contributed by atoms with E-state index in [9.17, 15) is 13.2 Å². The Morgan fingerprint density at radius 3 is 2.65 bits per heavy atom. The van der Waals surface area contributed by atoms with Gasteiger partial charge in [-0.2, -0.15) is 4.31 Å². The number of hydrogen-bond acceptors (Lipinski definition) is 4. The Hall–Kier alpha value is -0.920. The van der Waals surface area contributed by atoms with Crippen LogP contribution in [-0.4, -0.2) is 38.3 Å². The standard InChI is InChI=1S/C13H20N2O3S2/c1-9-8-12(10(2)19-9)20(17,18)15-7-5-4-6-11(15)13(16)14-3/h8,11H,4-7H2,1-3H3,(H,14,16)/t11-/m0/s1. The van der Waals surface area contributed by atoms with E-state index in [-0.39, 0.29) is 5.91 Å². The average molecular weight is 316 g/mol. The highest BCUT2D eigenvalue weighted by Crippen LogP contribution is 2.31. The topological polar surface area (TPSA) is 66.5 Å². The van der Waals surface area contributed by atoms with E-state index in [0.717, 1.165) is 22.6 Å². The molecule has 2 rings (SSSR count). The number of amides is 1. The molecule has 2 heterocycles. The van der Waals surface area contributed by atoms with E-state index in [0.29, 0.717) is 17.9 Å². The van der Waals surface area contributed by atoms with Gasteiger partial charge in [-0.15, -0.1) is 11.3 Å². The molecular formula is C13H20N2O3S2. The molecule has 112 valence electrons. The van der Waals surface area contributed by atoms with E-state index in [2.05, 4.69) is 5.32 Å². The quantitative estimate of drug-likeness (QED) is 0.922. The molecule has 1 aromatic rings. The number of sulfonamides is 1. The first-order valence-electron chi connectivity index (χ1n) is 6.68. The van der Waals surface area contributed by atoms with Gasteiger partial charge in [-0.25, -0.2) is 8.42 Å². The highest BCUT2D eigenvalue weighted by molar-refractivity contribution is 7.89. The van der Waals surface area contributed by atoms with Crippen molar-refractivity contribution in [2.75, 3.05) is 13.6 Å². The van der Waals surface area contributed by atoms with Crippen LogP contribution in [0.15, 0.2) is 11.0 Å². The number of aryl methyl sites for hydroxylation is 2. The summed E-state index contributed by atoms with van der Waals surface area (Å²) in [5, 5.41) is 2.57. The number of piperidine rings is 1. The highest BCUT2D eigenvalue weighted by Gasteiger charge is 2.38. The van der Waals surface area contributed by atoms with E-state index in [1.165, 1.54) is 15.6 Å². The molecule has 1 amide bonds. The summed E-state index contributed by atoms with van der Waals surface area (Å²) in [5.74, 6) is -0.224. The third-order valence-electron chi connectivity index (χ3n) is 3.58. The SMILES string of the molecule is CNC(=O)[C@@H]1CCCCN1S(=O)(=O)c1cc(C)sc1C. The molecule has 1 aliphatic rings. The molecule has 0 aromatic carbocycles. The van der Waals surface area contributed by atoms with E-state index in [4.69, 9.17) is 0 Å². The second-order valence-corrected chi connectivity index (χ2v) is 8.34. The van der Waals surface area contributed by atoms with Gasteiger partial charge < -0.3 is 5.32 Å². The monoisotopic (exact) mass is 316 g/mol. The number of rotatable bonds is 3. The highest BCUT2D eigenvalue weighted by atomic mass is 32.2. The van der Waals surface area contributed by atoms with Crippen LogP contribution in [0.1, 0.15) is 29.0 Å². The van der Waals surface area contributed by atoms with Crippen LogP contribution in [0.5, 0.6) is 0 Å². The number of carbonyl (C=O) groups excluding carboxylic acids is 1. The van der Waals surface area contributed by atoms with Crippen LogP contribution in [0.25, 0.3) is 0 Å². The van der Waals surface area contributed by atoms with E-state index < -0.39 is 16.1 Å². The van der Waals surface area contributed by atoms with Crippen LogP contribution in [0.3, 0.4) is 0 Å². The number of hydrogen-bond donors (Lipinski definition) is 1. The lowest BCUT2D eigenvalue weighted by Gasteiger charge is -2.33. The van der Waals surface area contributed by atoms with Gasteiger partial charge in [0.15, 0.2) is 0 Å². The lowest BCUT2D eigenvalue weighted by molar-refractivity contribution is -0.125. The Morgan fingerprint density at radius 2 is 2.10 bits per heavy atom. The maximum atomic E-state index is 12.8. The molecule has 0 spiro atoms. The molecular weight excluding hydrogens is 296 g/mol. The minimum Gasteiger partial charge on any atom is -0.358 e. The summed E-state index contributed by atoms with van der Waals surface area (Å²) in [6.45, 7) is 4.11. The molecule has 0 unspecified atom stereocenters. The van der Waals surface area contributed by atoms with Crippen LogP contribution < -0.4 is 5.32 Å². The average Bonchev–Trinajstić information content (AvgIpc) is 2.77. The number of likely N-dealkylation sites (N-methyl/N-ethyl adjacent to an activating group) is 1. The van der Waals surface area contributed by atoms with Gasteiger partial charge >= 0.3 is 0 Å². The molecule has 1 aromatic heterocycles. The third kappa shape index (κ3) is 2.75. The molecule has 0 saturated carbocycles. The van der Waals surface area contributed by atoms with Crippen molar-refractivity contribution in [1.29, 1.82) is 0 Å². The Labute approximate surface area is 124 Å². The summed E-state index contributed by atoms with van der Waals surface area (Å²) in [6, 6.07) is 1.11. The second kappa shape index (κ2) is 5.83. The molecule has 1 fully saturated rings. The Balaban J connectivity index is 2.40. The summed E-state index contributed by atoms with van der Waals surface area (Å²) in [5.41, 5.74) is 0. The fourth-order valence-electron chi connectivity index (χ4n) is 2.61. The van der Waals surface area contributed by atoms with Crippen LogP contribution in [0.2, 0.25) is 0 Å². The van der Waals surface area contributed by atoms with E-state index >= 15 is 0 Å². The lowest BCUT2D eigenvalue weighted by atomic mass is 10.0. The Morgan fingerprint density at radius 1 is 1.40 bits per heavy atom. The minimum atomic E-state index is -3.59. The molecule has 5 nitrogen and oxygen atoms in total. The molecule has 0 radical (unpaired) electrons. The first-order chi connectivity index (χ1) is 9.37. The molecule has 1 N–H and O–H groups in total. The predicted octanol–water partition coefficient (Wildman–Crippen LogP) is 1.65. The van der Waals surface area contributed by atoms with Crippen LogP contribution >= 0.6 is 11.3 Å². The molecule has 1 saturated heterocycles. The summed E-state index contributed by atoms with van der Waals surface area (Å²) in [4.78, 5) is 14.0. The van der Waals surface area contributed by atoms with Gasteiger partial charge in [-0.3, -0.25) is 4.79 Å². The molecule has 20 heavy (non-hydrogen) atoms. The maximum absolute atomic E-state index is 12.8. The zero-order valence-electron chi connectivity index (χ0n) is 12.0. The second-order valence-electron chi connectivity index (χ2n) is 5.02. The van der Waals surface area contributed by atoms with Gasteiger partial charge in [0.1, 0.15) is 6.04 Å². The van der Waals surface area contributed by atoms with Gasteiger partial charge in [-0.05, 0) is 32.8 Å². The van der Waals surface area contributed by atoms with Crippen molar-refractivity contribution in [2.24, 2.45) is 0 Å². The van der Waals surface area contributed by atoms with Crippen molar-refractivity contribution >= 4 is 27.3 Å². The maximum Gasteiger partial charge on any atom is 0.244 e. The van der Waals surface area contributed by atoms with Gasteiger partial charge in [0, 0.05) is 23.3 Å². The van der Waals surface area contributed by atoms with Gasteiger partial charge in [0.25, 0.3) is 0 Å². The van der Waals surface area contributed by atoms with Crippen LogP contribution in [-0.2, 0) is 14.8 Å². The first-order valence-corrected chi connectivity index (χ1v) is 8.94. The normalized spacial score (nSPS) is 20.9. The molecule has 0 aliphatic carbocycles. The van der Waals surface area contributed by atoms with E-state index in [1.807, 2.05) is 13.8 Å². The molecule has 1 atom stereocenters. The number of carbonyl (C=O) groups is 1. The number of nitrogens with one attached hydrogen (secondary N) is 1. The zero-order valence-corrected chi connectivity index (χ0v) is 13.6. The summed E-state index contributed by atoms with van der Waals surface area (Å²) >= 11 is 1.47. The fourth-order valence-corrected chi connectivity index (χ4v) is 5.79. The zero-order chi connectivity index (χ0) is 14.9. The van der Waals surface area contributed by atoms with Crippen LogP contribution in [0.4, 0.5) is 0 Å². The van der Waals surface area contributed by atoms with Crippen molar-refractivity contribution in [3.8, 4) is 0 Å². The van der Waals surface area contributed by atoms with Crippen molar-refractivity contribution < 1.29 is 13.2 Å². The number of thiophene rings is 1. The fraction of sp³-hybridized carbons (Fsp3) is 0.615. The molecule has 0 bridgehead atoms. The van der Waals surface area contributed by atoms with Crippen molar-refractivity contribution in [2.45, 2.75) is 44.0 Å². The Bertz CT molecular complexity index is 607. The smallest absolute Gasteiger partial charge is 0.244 e. The van der Waals surface area contributed by atoms with E-state index in [1.54, 1.807) is 13.1 Å². The summed E-state index contributed by atoms with van der Waals surface area (Å²) in [6.07, 6.45) is 2.27. The lowest BCUT2D eigenvalue weighted by Crippen LogP contribution is -2.51. The van der Waals surface area contributed by atoms with Gasteiger partial charge in [0.2, 0.25) is 15.9 Å². The van der Waals surface area contributed by atoms with Crippen molar-refractivity contribution in [3.63, 3.8) is 0 Å². The molecule has 1 aliphatic heterocycles. The minimum absolute atomic E-state index is 0.224. The van der Waals surface area contributed by atoms with Crippen molar-refractivity contribution in [1.82, 2.24) is 9.62 Å². The summed E-state index contributed by atoms with van der Waals surface area (Å²) < 4.78 is 27.0. The predicted molar refractivity (Wildman–Crippen MR) is 79.4 cm³/mol. The molecule has 7 heteroatoms. The van der Waals surface area contributed by atoms with Gasteiger partial charge in [-0.1, -0.05) is 6.42 Å². The van der Waals surface area contributed by atoms with Gasteiger partial charge in [0.05, 0.1) is 4.90 Å². The number of nitrogens with zero attached hydrogens (tertiary/aromatic N) is 1. The van der Waals surface area contributed by atoms with Crippen LogP contribution in [0, 0.1) is 13.8 Å². The largest absolute Gasteiger partial charge is 0.358 e. The first kappa shape index (κ1) is 15.5. The van der Waals surface area contributed by atoms with Crippen molar-refractivity contribution in [3.05, 3.63) is 15.8 Å².